The van der Waals surface area contributed by atoms with Crippen molar-refractivity contribution in [1.29, 1.82) is 0 Å². The van der Waals surface area contributed by atoms with Crippen LogP contribution in [-0.4, -0.2) is 36.3 Å². The minimum Gasteiger partial charge on any atom is -0.496 e. The lowest BCUT2D eigenvalue weighted by Gasteiger charge is -2.06. The Labute approximate surface area is 170 Å². The van der Waals surface area contributed by atoms with Crippen LogP contribution in [0.4, 0.5) is 5.13 Å². The standard InChI is InChI=1S/C19H17N3O4S2/c1-25-15-6-4-3-5-14(15)16(23)20-18-21-22-19(28-18)27-11-12-7-9-13(10-8-12)17(24)26-2/h3-10H,11H2,1-2H3,(H,20,21,23). The van der Waals surface area contributed by atoms with Crippen molar-refractivity contribution in [1.82, 2.24) is 10.2 Å². The molecule has 1 heterocycles. The molecule has 0 fully saturated rings. The van der Waals surface area contributed by atoms with Gasteiger partial charge in [-0.1, -0.05) is 47.4 Å². The Kier molecular flexibility index (Phi) is 6.62. The number of esters is 1. The molecule has 0 aliphatic heterocycles. The fraction of sp³-hybridized carbons (Fsp3) is 0.158. The van der Waals surface area contributed by atoms with E-state index in [-0.39, 0.29) is 11.9 Å². The average molecular weight is 415 g/mol. The van der Waals surface area contributed by atoms with Gasteiger partial charge in [0.25, 0.3) is 5.91 Å². The molecule has 7 nitrogen and oxygen atoms in total. The first-order valence-corrected chi connectivity index (χ1v) is 9.99. The number of hydrogen-bond donors (Lipinski definition) is 1. The Morgan fingerprint density at radius 2 is 1.82 bits per heavy atom. The van der Waals surface area contributed by atoms with Crippen molar-refractivity contribution in [3.05, 3.63) is 65.2 Å². The number of carbonyl (C=O) groups is 2. The molecule has 1 N–H and O–H groups in total. The van der Waals surface area contributed by atoms with Crippen LogP contribution in [0.15, 0.2) is 52.9 Å². The maximum Gasteiger partial charge on any atom is 0.337 e. The van der Waals surface area contributed by atoms with Crippen LogP contribution in [0.3, 0.4) is 0 Å². The van der Waals surface area contributed by atoms with E-state index in [1.807, 2.05) is 12.1 Å². The number of carbonyl (C=O) groups excluding carboxylic acids is 2. The second kappa shape index (κ2) is 9.34. The highest BCUT2D eigenvalue weighted by molar-refractivity contribution is 8.00. The van der Waals surface area contributed by atoms with Gasteiger partial charge in [0.05, 0.1) is 25.3 Å². The van der Waals surface area contributed by atoms with E-state index in [9.17, 15) is 9.59 Å². The Morgan fingerprint density at radius 1 is 1.07 bits per heavy atom. The number of aromatic nitrogens is 2. The molecule has 0 atom stereocenters. The van der Waals surface area contributed by atoms with Gasteiger partial charge in [-0.3, -0.25) is 10.1 Å². The first-order valence-electron chi connectivity index (χ1n) is 8.18. The van der Waals surface area contributed by atoms with Gasteiger partial charge in [-0.15, -0.1) is 10.2 Å². The number of benzene rings is 2. The van der Waals surface area contributed by atoms with Crippen molar-refractivity contribution < 1.29 is 19.1 Å². The molecule has 0 aliphatic rings. The molecule has 9 heteroatoms. The van der Waals surface area contributed by atoms with Crippen LogP contribution in [0.2, 0.25) is 0 Å². The number of para-hydroxylation sites is 1. The third kappa shape index (κ3) is 4.87. The van der Waals surface area contributed by atoms with E-state index in [0.717, 1.165) is 9.90 Å². The number of anilines is 1. The quantitative estimate of drug-likeness (QED) is 0.356. The lowest BCUT2D eigenvalue weighted by Crippen LogP contribution is -2.12. The Hall–Kier alpha value is -2.91. The molecule has 1 aromatic heterocycles. The van der Waals surface area contributed by atoms with Crippen molar-refractivity contribution in [2.45, 2.75) is 10.1 Å². The normalized spacial score (nSPS) is 10.4. The maximum absolute atomic E-state index is 12.4. The van der Waals surface area contributed by atoms with E-state index < -0.39 is 0 Å². The molecule has 0 bridgehead atoms. The predicted molar refractivity (Wildman–Crippen MR) is 108 cm³/mol. The van der Waals surface area contributed by atoms with Gasteiger partial charge in [0.2, 0.25) is 5.13 Å². The lowest BCUT2D eigenvalue weighted by atomic mass is 10.1. The molecule has 0 radical (unpaired) electrons. The third-order valence-corrected chi connectivity index (χ3v) is 5.76. The van der Waals surface area contributed by atoms with Gasteiger partial charge >= 0.3 is 5.97 Å². The van der Waals surface area contributed by atoms with Crippen molar-refractivity contribution in [3.8, 4) is 5.75 Å². The summed E-state index contributed by atoms with van der Waals surface area (Å²) in [6.45, 7) is 0. The molecule has 0 spiro atoms. The minimum atomic E-state index is -0.362. The monoisotopic (exact) mass is 415 g/mol. The largest absolute Gasteiger partial charge is 0.496 e. The molecule has 0 unspecified atom stereocenters. The van der Waals surface area contributed by atoms with Crippen LogP contribution in [0.1, 0.15) is 26.3 Å². The molecular weight excluding hydrogens is 398 g/mol. The first kappa shape index (κ1) is 19.8. The second-order valence-corrected chi connectivity index (χ2v) is 7.70. The molecule has 2 aromatic carbocycles. The van der Waals surface area contributed by atoms with Crippen LogP contribution in [-0.2, 0) is 10.5 Å². The molecule has 0 saturated heterocycles. The summed E-state index contributed by atoms with van der Waals surface area (Å²) in [5, 5.41) is 11.3. The smallest absolute Gasteiger partial charge is 0.337 e. The molecule has 28 heavy (non-hydrogen) atoms. The van der Waals surface area contributed by atoms with Crippen molar-refractivity contribution >= 4 is 40.1 Å². The molecule has 0 aliphatic carbocycles. The average Bonchev–Trinajstić information content (AvgIpc) is 3.19. The zero-order chi connectivity index (χ0) is 19.9. The number of nitrogens with one attached hydrogen (secondary N) is 1. The van der Waals surface area contributed by atoms with Crippen LogP contribution in [0.25, 0.3) is 0 Å². The Balaban J connectivity index is 1.58. The van der Waals surface area contributed by atoms with E-state index in [1.165, 1.54) is 37.3 Å². The van der Waals surface area contributed by atoms with Gasteiger partial charge in [-0.2, -0.15) is 0 Å². The van der Waals surface area contributed by atoms with Crippen molar-refractivity contribution in [3.63, 3.8) is 0 Å². The predicted octanol–water partition coefficient (Wildman–Crippen LogP) is 3.88. The second-order valence-electron chi connectivity index (χ2n) is 5.50. The maximum atomic E-state index is 12.4. The molecular formula is C19H17N3O4S2. The number of methoxy groups -OCH3 is 2. The number of nitrogens with zero attached hydrogens (tertiary/aromatic N) is 2. The summed E-state index contributed by atoms with van der Waals surface area (Å²) < 4.78 is 10.6. The highest BCUT2D eigenvalue weighted by Crippen LogP contribution is 2.29. The van der Waals surface area contributed by atoms with Gasteiger partial charge in [0.1, 0.15) is 5.75 Å². The summed E-state index contributed by atoms with van der Waals surface area (Å²) in [4.78, 5) is 23.8. The lowest BCUT2D eigenvalue weighted by molar-refractivity contribution is 0.0600. The van der Waals surface area contributed by atoms with Crippen LogP contribution < -0.4 is 10.1 Å². The molecule has 1 amide bonds. The van der Waals surface area contributed by atoms with E-state index in [1.54, 1.807) is 36.4 Å². The SMILES string of the molecule is COC(=O)c1ccc(CSc2nnc(NC(=O)c3ccccc3OC)s2)cc1. The fourth-order valence-corrected chi connectivity index (χ4v) is 4.02. The Bertz CT molecular complexity index is 973. The Morgan fingerprint density at radius 3 is 2.54 bits per heavy atom. The van der Waals surface area contributed by atoms with E-state index in [4.69, 9.17) is 4.74 Å². The zero-order valence-electron chi connectivity index (χ0n) is 15.2. The van der Waals surface area contributed by atoms with Gasteiger partial charge in [0, 0.05) is 5.75 Å². The van der Waals surface area contributed by atoms with E-state index >= 15 is 0 Å². The van der Waals surface area contributed by atoms with Gasteiger partial charge in [-0.05, 0) is 29.8 Å². The van der Waals surface area contributed by atoms with Gasteiger partial charge in [-0.25, -0.2) is 4.79 Å². The fourth-order valence-electron chi connectivity index (χ4n) is 2.32. The number of hydrogen-bond acceptors (Lipinski definition) is 8. The molecule has 3 rings (SSSR count). The summed E-state index contributed by atoms with van der Waals surface area (Å²) in [6.07, 6.45) is 0. The molecule has 144 valence electrons. The van der Waals surface area contributed by atoms with Crippen LogP contribution in [0.5, 0.6) is 5.75 Å². The van der Waals surface area contributed by atoms with E-state index in [0.29, 0.717) is 27.8 Å². The number of thioether (sulfide) groups is 1. The minimum absolute atomic E-state index is 0.302. The zero-order valence-corrected chi connectivity index (χ0v) is 16.8. The third-order valence-electron chi connectivity index (χ3n) is 3.72. The van der Waals surface area contributed by atoms with Crippen LogP contribution in [0, 0.1) is 0 Å². The summed E-state index contributed by atoms with van der Waals surface area (Å²) in [7, 11) is 2.87. The number of amides is 1. The molecule has 0 saturated carbocycles. The number of ether oxygens (including phenoxy) is 2. The highest BCUT2D eigenvalue weighted by atomic mass is 32.2. The number of rotatable bonds is 7. The summed E-state index contributed by atoms with van der Waals surface area (Å²) in [5.74, 6) is 0.494. The van der Waals surface area contributed by atoms with E-state index in [2.05, 4.69) is 20.3 Å². The molecule has 3 aromatic rings. The van der Waals surface area contributed by atoms with Gasteiger partial charge in [0.15, 0.2) is 4.34 Å². The first-order chi connectivity index (χ1) is 13.6. The van der Waals surface area contributed by atoms with Crippen LogP contribution >= 0.6 is 23.1 Å². The summed E-state index contributed by atoms with van der Waals surface area (Å²) in [5.41, 5.74) is 1.97. The summed E-state index contributed by atoms with van der Waals surface area (Å²) >= 11 is 2.79. The van der Waals surface area contributed by atoms with Crippen molar-refractivity contribution in [2.24, 2.45) is 0 Å². The highest BCUT2D eigenvalue weighted by Gasteiger charge is 2.14. The topological polar surface area (TPSA) is 90.4 Å². The van der Waals surface area contributed by atoms with Crippen molar-refractivity contribution in [2.75, 3.05) is 19.5 Å². The summed E-state index contributed by atoms with van der Waals surface area (Å²) in [6, 6.07) is 14.2. The van der Waals surface area contributed by atoms with Gasteiger partial charge < -0.3 is 9.47 Å².